The second kappa shape index (κ2) is 14.8. The molecule has 10 nitrogen and oxygen atoms in total. The minimum atomic E-state index is -3.89. The zero-order valence-corrected chi connectivity index (χ0v) is 24.1. The zero-order valence-electron chi connectivity index (χ0n) is 23.3. The van der Waals surface area contributed by atoms with Crippen LogP contribution in [0, 0.1) is 5.41 Å². The van der Waals surface area contributed by atoms with E-state index in [0.29, 0.717) is 35.4 Å². The number of amidine groups is 1. The number of ether oxygens (including phenoxy) is 2. The van der Waals surface area contributed by atoms with E-state index in [-0.39, 0.29) is 17.3 Å². The van der Waals surface area contributed by atoms with Crippen molar-refractivity contribution in [2.45, 2.75) is 30.8 Å². The number of alkyl carbamates (subject to hydrolysis) is 1. The Hall–Kier alpha value is -5.00. The number of sulfonamides is 1. The predicted molar refractivity (Wildman–Crippen MR) is 163 cm³/mol. The first kappa shape index (κ1) is 30.9. The summed E-state index contributed by atoms with van der Waals surface area (Å²) in [6, 6.07) is 29.5. The van der Waals surface area contributed by atoms with Gasteiger partial charge >= 0.3 is 12.2 Å². The molecule has 0 spiro atoms. The number of aryl methyl sites for hydroxylation is 1. The van der Waals surface area contributed by atoms with Gasteiger partial charge in [0.2, 0.25) is 10.0 Å². The van der Waals surface area contributed by atoms with Gasteiger partial charge in [-0.15, -0.1) is 0 Å². The van der Waals surface area contributed by atoms with Crippen LogP contribution in [0.25, 0.3) is 11.1 Å². The van der Waals surface area contributed by atoms with Gasteiger partial charge < -0.3 is 14.8 Å². The fraction of sp³-hybridized carbons (Fsp3) is 0.156. The van der Waals surface area contributed by atoms with Crippen molar-refractivity contribution < 1.29 is 27.5 Å². The molecule has 5 N–H and O–H groups in total. The van der Waals surface area contributed by atoms with E-state index in [2.05, 4.69) is 10.6 Å². The summed E-state index contributed by atoms with van der Waals surface area (Å²) >= 11 is 0. The third-order valence-electron chi connectivity index (χ3n) is 6.39. The average Bonchev–Trinajstić information content (AvgIpc) is 3.00. The molecule has 0 heterocycles. The number of hydrogen-bond donors (Lipinski definition) is 4. The first-order valence-corrected chi connectivity index (χ1v) is 15.1. The molecule has 0 aromatic heterocycles. The number of amides is 2. The van der Waals surface area contributed by atoms with Crippen molar-refractivity contribution in [2.24, 2.45) is 5.14 Å². The van der Waals surface area contributed by atoms with Gasteiger partial charge in [-0.25, -0.2) is 23.1 Å². The summed E-state index contributed by atoms with van der Waals surface area (Å²) < 4.78 is 34.3. The second-order valence-corrected chi connectivity index (χ2v) is 11.1. The van der Waals surface area contributed by atoms with E-state index in [1.807, 2.05) is 48.5 Å². The third-order valence-corrected chi connectivity index (χ3v) is 7.36. The van der Waals surface area contributed by atoms with Crippen LogP contribution in [0.15, 0.2) is 108 Å². The molecule has 0 bridgehead atoms. The lowest BCUT2D eigenvalue weighted by Gasteiger charge is -2.10. The van der Waals surface area contributed by atoms with Crippen molar-refractivity contribution in [3.8, 4) is 16.9 Å². The highest BCUT2D eigenvalue weighted by Gasteiger charge is 2.15. The lowest BCUT2D eigenvalue weighted by atomic mass is 10.0. The molecule has 0 aliphatic rings. The summed E-state index contributed by atoms with van der Waals surface area (Å²) in [5, 5.41) is 18.7. The quantitative estimate of drug-likeness (QED) is 0.103. The van der Waals surface area contributed by atoms with Gasteiger partial charge in [-0.1, -0.05) is 78.9 Å². The van der Waals surface area contributed by atoms with Crippen LogP contribution in [0.5, 0.6) is 5.75 Å². The van der Waals surface area contributed by atoms with Crippen LogP contribution in [-0.4, -0.2) is 33.0 Å². The molecular weight excluding hydrogens is 568 g/mol. The zero-order chi connectivity index (χ0) is 30.7. The first-order chi connectivity index (χ1) is 20.7. The summed E-state index contributed by atoms with van der Waals surface area (Å²) in [7, 11) is -3.89. The molecule has 0 aliphatic carbocycles. The maximum Gasteiger partial charge on any atom is 0.413 e. The predicted octanol–water partition coefficient (Wildman–Crippen LogP) is 5.36. The van der Waals surface area contributed by atoms with Crippen molar-refractivity contribution in [2.75, 3.05) is 6.54 Å². The van der Waals surface area contributed by atoms with Crippen molar-refractivity contribution in [3.05, 3.63) is 120 Å². The largest absolute Gasteiger partial charge is 0.444 e. The number of benzene rings is 4. The highest BCUT2D eigenvalue weighted by Crippen LogP contribution is 2.28. The molecule has 4 rings (SSSR count). The molecular formula is C32H32N4O6S. The Kier molecular flexibility index (Phi) is 10.6. The molecule has 2 amide bonds. The number of carbonyl (C=O) groups is 2. The Morgan fingerprint density at radius 1 is 0.791 bits per heavy atom. The molecule has 222 valence electrons. The molecule has 11 heteroatoms. The minimum Gasteiger partial charge on any atom is -0.444 e. The number of unbranched alkanes of at least 4 members (excludes halogenated alkanes) is 1. The Bertz CT molecular complexity index is 1680. The van der Waals surface area contributed by atoms with Crippen molar-refractivity contribution >= 4 is 28.0 Å². The molecule has 43 heavy (non-hydrogen) atoms. The number of primary sulfonamides is 1. The Balaban J connectivity index is 1.17. The number of rotatable bonds is 11. The first-order valence-electron chi connectivity index (χ1n) is 13.5. The summed E-state index contributed by atoms with van der Waals surface area (Å²) in [4.78, 5) is 24.3. The molecule has 0 fully saturated rings. The van der Waals surface area contributed by atoms with Gasteiger partial charge in [0.15, 0.2) is 0 Å². The van der Waals surface area contributed by atoms with Crippen LogP contribution >= 0.6 is 0 Å². The molecule has 0 aliphatic heterocycles. The monoisotopic (exact) mass is 600 g/mol. The van der Waals surface area contributed by atoms with Gasteiger partial charge in [0.05, 0.1) is 4.90 Å². The number of nitrogens with two attached hydrogens (primary N) is 1. The van der Waals surface area contributed by atoms with Crippen LogP contribution < -0.4 is 20.5 Å². The van der Waals surface area contributed by atoms with Gasteiger partial charge in [-0.05, 0) is 60.2 Å². The van der Waals surface area contributed by atoms with Crippen LogP contribution in [0.3, 0.4) is 0 Å². The van der Waals surface area contributed by atoms with Gasteiger partial charge in [0.25, 0.3) is 0 Å². The second-order valence-electron chi connectivity index (χ2n) is 9.60. The molecule has 0 radical (unpaired) electrons. The molecule has 4 aromatic rings. The topological polar surface area (TPSA) is 161 Å². The maximum absolute atomic E-state index is 12.2. The van der Waals surface area contributed by atoms with Gasteiger partial charge in [0.1, 0.15) is 18.2 Å². The average molecular weight is 601 g/mol. The van der Waals surface area contributed by atoms with Crippen LogP contribution in [-0.2, 0) is 27.8 Å². The summed E-state index contributed by atoms with van der Waals surface area (Å²) in [5.41, 5.74) is 3.49. The van der Waals surface area contributed by atoms with E-state index in [0.717, 1.165) is 24.0 Å². The maximum atomic E-state index is 12.2. The normalized spacial score (nSPS) is 10.9. The smallest absolute Gasteiger partial charge is 0.413 e. The Labute approximate surface area is 250 Å². The highest BCUT2D eigenvalue weighted by molar-refractivity contribution is 7.89. The van der Waals surface area contributed by atoms with E-state index in [9.17, 15) is 18.0 Å². The number of carbonyl (C=O) groups excluding carboxylic acids is 2. The molecule has 4 aromatic carbocycles. The van der Waals surface area contributed by atoms with E-state index in [1.54, 1.807) is 48.5 Å². The highest BCUT2D eigenvalue weighted by atomic mass is 32.2. The molecule has 0 atom stereocenters. The molecule has 0 unspecified atom stereocenters. The lowest BCUT2D eigenvalue weighted by molar-refractivity contribution is 0.145. The summed E-state index contributed by atoms with van der Waals surface area (Å²) in [5.74, 6) is 0.261. The van der Waals surface area contributed by atoms with Crippen molar-refractivity contribution in [3.63, 3.8) is 0 Å². The Morgan fingerprint density at radius 3 is 2.23 bits per heavy atom. The van der Waals surface area contributed by atoms with Crippen LogP contribution in [0.4, 0.5) is 9.59 Å². The number of hydrogen-bond acceptors (Lipinski definition) is 7. The molecule has 0 saturated heterocycles. The number of nitrogens with one attached hydrogen (secondary N) is 3. The fourth-order valence-corrected chi connectivity index (χ4v) is 5.02. The van der Waals surface area contributed by atoms with Gasteiger partial charge in [-0.3, -0.25) is 10.7 Å². The fourth-order valence-electron chi connectivity index (χ4n) is 4.26. The van der Waals surface area contributed by atoms with Crippen molar-refractivity contribution in [1.29, 1.82) is 5.41 Å². The lowest BCUT2D eigenvalue weighted by Crippen LogP contribution is -2.31. The minimum absolute atomic E-state index is 0.0160. The van der Waals surface area contributed by atoms with Gasteiger partial charge in [-0.2, -0.15) is 0 Å². The standard InChI is InChI=1S/C32H32N4O6S/c33-30(36-32(38)41-22-24-10-2-1-3-11-24)26-13-8-12-23(21-26)9-6-7-20-35-31(37)42-27-18-16-25(17-19-27)28-14-4-5-15-29(28)43(34,39)40/h1-5,8,10-19,21H,6-7,9,20,22H2,(H,35,37)(H2,33,36,38)(H2,34,39,40). The summed E-state index contributed by atoms with van der Waals surface area (Å²) in [6.07, 6.45) is 0.905. The van der Waals surface area contributed by atoms with E-state index >= 15 is 0 Å². The van der Waals surface area contributed by atoms with Crippen LogP contribution in [0.1, 0.15) is 29.5 Å². The van der Waals surface area contributed by atoms with E-state index in [1.165, 1.54) is 6.07 Å². The van der Waals surface area contributed by atoms with E-state index in [4.69, 9.17) is 20.0 Å². The van der Waals surface area contributed by atoms with Crippen molar-refractivity contribution in [1.82, 2.24) is 10.6 Å². The Morgan fingerprint density at radius 2 is 1.49 bits per heavy atom. The molecule has 0 saturated carbocycles. The third kappa shape index (κ3) is 9.52. The van der Waals surface area contributed by atoms with Crippen LogP contribution in [0.2, 0.25) is 0 Å². The summed E-state index contributed by atoms with van der Waals surface area (Å²) in [6.45, 7) is 0.523. The van der Waals surface area contributed by atoms with E-state index < -0.39 is 22.2 Å². The SMILES string of the molecule is N=C(NC(=O)OCc1ccccc1)c1cccc(CCCCNC(=O)Oc2ccc(-c3ccccc3S(N)(=O)=O)cc2)c1. The van der Waals surface area contributed by atoms with Gasteiger partial charge in [0, 0.05) is 17.7 Å².